The van der Waals surface area contributed by atoms with Crippen molar-refractivity contribution in [2.45, 2.75) is 6.42 Å². The molecule has 0 aliphatic heterocycles. The lowest BCUT2D eigenvalue weighted by Gasteiger charge is -2.21. The van der Waals surface area contributed by atoms with E-state index >= 15 is 0 Å². The molecule has 6 nitrogen and oxygen atoms in total. The molecule has 0 radical (unpaired) electrons. The Bertz CT molecular complexity index is 661. The van der Waals surface area contributed by atoms with Gasteiger partial charge in [-0.05, 0) is 12.1 Å². The van der Waals surface area contributed by atoms with Crippen molar-refractivity contribution in [1.29, 1.82) is 5.26 Å². The van der Waals surface area contributed by atoms with E-state index in [0.717, 1.165) is 0 Å². The Morgan fingerprint density at radius 1 is 1.33 bits per heavy atom. The minimum atomic E-state index is -0.159. The zero-order valence-corrected chi connectivity index (χ0v) is 11.8. The van der Waals surface area contributed by atoms with Crippen molar-refractivity contribution in [3.63, 3.8) is 0 Å². The van der Waals surface area contributed by atoms with Crippen LogP contribution in [0.2, 0.25) is 0 Å². The Morgan fingerprint density at radius 2 is 2.14 bits per heavy atom. The highest BCUT2D eigenvalue weighted by Crippen LogP contribution is 2.16. The first kappa shape index (κ1) is 14.9. The standard InChI is InChI=1S/C15H16N4O2/c1-21-11-10-19(9-3-6-16)15(20)12-4-2-5-13-14(12)18-8-7-17-13/h2,4-5,7-8H,3,9-11H2,1H3. The summed E-state index contributed by atoms with van der Waals surface area (Å²) in [7, 11) is 1.58. The fraction of sp³-hybridized carbons (Fsp3) is 0.333. The van der Waals surface area contributed by atoms with Crippen molar-refractivity contribution >= 4 is 16.9 Å². The van der Waals surface area contributed by atoms with E-state index in [2.05, 4.69) is 16.0 Å². The Morgan fingerprint density at radius 3 is 2.90 bits per heavy atom. The molecule has 2 rings (SSSR count). The highest BCUT2D eigenvalue weighted by Gasteiger charge is 2.18. The number of methoxy groups -OCH3 is 1. The normalized spacial score (nSPS) is 10.3. The molecule has 21 heavy (non-hydrogen) atoms. The van der Waals surface area contributed by atoms with Crippen LogP contribution in [-0.2, 0) is 4.74 Å². The van der Waals surface area contributed by atoms with E-state index < -0.39 is 0 Å². The predicted octanol–water partition coefficient (Wildman–Crippen LogP) is 1.63. The Labute approximate surface area is 123 Å². The summed E-state index contributed by atoms with van der Waals surface area (Å²) in [5, 5.41) is 8.72. The van der Waals surface area contributed by atoms with E-state index in [9.17, 15) is 4.79 Å². The number of carbonyl (C=O) groups is 1. The molecule has 0 spiro atoms. The lowest BCUT2D eigenvalue weighted by molar-refractivity contribution is 0.0701. The summed E-state index contributed by atoms with van der Waals surface area (Å²) >= 11 is 0. The molecule has 0 aliphatic carbocycles. The van der Waals surface area contributed by atoms with E-state index in [1.807, 2.05) is 6.07 Å². The van der Waals surface area contributed by atoms with Gasteiger partial charge in [-0.25, -0.2) is 0 Å². The second-order valence-electron chi connectivity index (χ2n) is 4.42. The van der Waals surface area contributed by atoms with Crippen molar-refractivity contribution in [2.75, 3.05) is 26.8 Å². The molecule has 0 fully saturated rings. The topological polar surface area (TPSA) is 79.1 Å². The number of hydrogen-bond donors (Lipinski definition) is 0. The Hall–Kier alpha value is -2.52. The molecule has 2 aromatic rings. The van der Waals surface area contributed by atoms with Gasteiger partial charge in [-0.15, -0.1) is 0 Å². The maximum atomic E-state index is 12.7. The number of rotatable bonds is 6. The molecule has 0 N–H and O–H groups in total. The molecule has 0 atom stereocenters. The largest absolute Gasteiger partial charge is 0.383 e. The molecule has 1 aromatic heterocycles. The van der Waals surface area contributed by atoms with Gasteiger partial charge in [-0.2, -0.15) is 5.26 Å². The SMILES string of the molecule is COCCN(CCC#N)C(=O)c1cccc2nccnc12. The van der Waals surface area contributed by atoms with Gasteiger partial charge in [0.1, 0.15) is 5.52 Å². The predicted molar refractivity (Wildman–Crippen MR) is 77.5 cm³/mol. The van der Waals surface area contributed by atoms with Gasteiger partial charge < -0.3 is 9.64 Å². The summed E-state index contributed by atoms with van der Waals surface area (Å²) in [6.07, 6.45) is 3.44. The average molecular weight is 284 g/mol. The third-order valence-corrected chi connectivity index (χ3v) is 3.08. The maximum Gasteiger partial charge on any atom is 0.256 e. The second kappa shape index (κ2) is 7.31. The monoisotopic (exact) mass is 284 g/mol. The van der Waals surface area contributed by atoms with Crippen molar-refractivity contribution < 1.29 is 9.53 Å². The van der Waals surface area contributed by atoms with Crippen LogP contribution in [0, 0.1) is 11.3 Å². The molecule has 0 saturated heterocycles. The molecular weight excluding hydrogens is 268 g/mol. The summed E-state index contributed by atoms with van der Waals surface area (Å²) in [5.41, 5.74) is 1.74. The summed E-state index contributed by atoms with van der Waals surface area (Å²) in [6.45, 7) is 1.23. The number of nitriles is 1. The van der Waals surface area contributed by atoms with Crippen LogP contribution in [0.1, 0.15) is 16.8 Å². The molecule has 108 valence electrons. The molecule has 1 heterocycles. The smallest absolute Gasteiger partial charge is 0.256 e. The van der Waals surface area contributed by atoms with E-state index in [-0.39, 0.29) is 12.3 Å². The summed E-state index contributed by atoms with van der Waals surface area (Å²) < 4.78 is 5.02. The summed E-state index contributed by atoms with van der Waals surface area (Å²) in [6, 6.07) is 7.38. The van der Waals surface area contributed by atoms with Crippen LogP contribution in [0.5, 0.6) is 0 Å². The van der Waals surface area contributed by atoms with E-state index in [1.165, 1.54) is 0 Å². The number of ether oxygens (including phenoxy) is 1. The fourth-order valence-electron chi connectivity index (χ4n) is 2.04. The van der Waals surface area contributed by atoms with Crippen molar-refractivity contribution in [3.8, 4) is 6.07 Å². The van der Waals surface area contributed by atoms with Gasteiger partial charge in [-0.1, -0.05) is 6.07 Å². The lowest BCUT2D eigenvalue weighted by atomic mass is 10.1. The zero-order chi connectivity index (χ0) is 15.1. The molecular formula is C15H16N4O2. The first-order valence-corrected chi connectivity index (χ1v) is 6.63. The molecule has 1 aromatic carbocycles. The van der Waals surface area contributed by atoms with E-state index in [0.29, 0.717) is 36.3 Å². The second-order valence-corrected chi connectivity index (χ2v) is 4.42. The fourth-order valence-corrected chi connectivity index (χ4v) is 2.04. The number of nitrogens with zero attached hydrogens (tertiary/aromatic N) is 4. The number of aromatic nitrogens is 2. The van der Waals surface area contributed by atoms with E-state index in [1.54, 1.807) is 36.5 Å². The van der Waals surface area contributed by atoms with Crippen LogP contribution in [0.3, 0.4) is 0 Å². The first-order chi connectivity index (χ1) is 10.3. The number of amides is 1. The number of fused-ring (bicyclic) bond motifs is 1. The minimum absolute atomic E-state index is 0.159. The Balaban J connectivity index is 2.31. The molecule has 0 saturated carbocycles. The number of para-hydroxylation sites is 1. The van der Waals surface area contributed by atoms with Gasteiger partial charge in [0.2, 0.25) is 0 Å². The highest BCUT2D eigenvalue weighted by molar-refractivity contribution is 6.04. The van der Waals surface area contributed by atoms with Gasteiger partial charge >= 0.3 is 0 Å². The number of carbonyl (C=O) groups excluding carboxylic acids is 1. The van der Waals surface area contributed by atoms with Gasteiger partial charge in [-0.3, -0.25) is 14.8 Å². The third-order valence-electron chi connectivity index (χ3n) is 3.08. The first-order valence-electron chi connectivity index (χ1n) is 6.63. The number of benzene rings is 1. The van der Waals surface area contributed by atoms with Crippen LogP contribution < -0.4 is 0 Å². The third kappa shape index (κ3) is 3.52. The van der Waals surface area contributed by atoms with Gasteiger partial charge in [0.05, 0.1) is 30.2 Å². The highest BCUT2D eigenvalue weighted by atomic mass is 16.5. The van der Waals surface area contributed by atoms with E-state index in [4.69, 9.17) is 10.00 Å². The molecule has 0 aliphatic rings. The average Bonchev–Trinajstić information content (AvgIpc) is 2.54. The molecule has 6 heteroatoms. The number of hydrogen-bond acceptors (Lipinski definition) is 5. The molecule has 1 amide bonds. The van der Waals surface area contributed by atoms with Gasteiger partial charge in [0.25, 0.3) is 5.91 Å². The van der Waals surface area contributed by atoms with Crippen LogP contribution in [0.25, 0.3) is 11.0 Å². The van der Waals surface area contributed by atoms with Crippen LogP contribution >= 0.6 is 0 Å². The summed E-state index contributed by atoms with van der Waals surface area (Å²) in [4.78, 5) is 22.7. The maximum absolute atomic E-state index is 12.7. The lowest BCUT2D eigenvalue weighted by Crippen LogP contribution is -2.34. The Kier molecular flexibility index (Phi) is 5.18. The quantitative estimate of drug-likeness (QED) is 0.805. The van der Waals surface area contributed by atoms with Gasteiger partial charge in [0.15, 0.2) is 0 Å². The summed E-state index contributed by atoms with van der Waals surface area (Å²) in [5.74, 6) is -0.159. The molecule has 0 unspecified atom stereocenters. The zero-order valence-electron chi connectivity index (χ0n) is 11.8. The van der Waals surface area contributed by atoms with Crippen LogP contribution in [-0.4, -0.2) is 47.6 Å². The van der Waals surface area contributed by atoms with Crippen LogP contribution in [0.15, 0.2) is 30.6 Å². The van der Waals surface area contributed by atoms with Gasteiger partial charge in [0, 0.05) is 32.6 Å². The van der Waals surface area contributed by atoms with Crippen molar-refractivity contribution in [2.24, 2.45) is 0 Å². The molecule has 0 bridgehead atoms. The van der Waals surface area contributed by atoms with Crippen LogP contribution in [0.4, 0.5) is 0 Å². The van der Waals surface area contributed by atoms with Crippen molar-refractivity contribution in [3.05, 3.63) is 36.2 Å². The van der Waals surface area contributed by atoms with Crippen molar-refractivity contribution in [1.82, 2.24) is 14.9 Å². The minimum Gasteiger partial charge on any atom is -0.383 e.